The summed E-state index contributed by atoms with van der Waals surface area (Å²) < 4.78 is 0. The number of nitrogens with two attached hydrogens (primary N) is 1. The van der Waals surface area contributed by atoms with E-state index in [1.165, 1.54) is 17.5 Å². The van der Waals surface area contributed by atoms with Crippen LogP contribution >= 0.6 is 0 Å². The van der Waals surface area contributed by atoms with E-state index in [0.717, 1.165) is 60.8 Å². The zero-order valence-electron chi connectivity index (χ0n) is 23.5. The van der Waals surface area contributed by atoms with Crippen molar-refractivity contribution in [1.29, 1.82) is 0 Å². The third-order valence-corrected chi connectivity index (χ3v) is 8.47. The van der Waals surface area contributed by atoms with E-state index in [1.807, 2.05) is 6.92 Å². The van der Waals surface area contributed by atoms with Crippen molar-refractivity contribution in [3.63, 3.8) is 0 Å². The first-order valence-corrected chi connectivity index (χ1v) is 14.2. The number of rotatable bonds is 4. The van der Waals surface area contributed by atoms with Crippen molar-refractivity contribution in [2.75, 3.05) is 37.7 Å². The van der Waals surface area contributed by atoms with Gasteiger partial charge in [-0.1, -0.05) is 26.0 Å². The lowest BCUT2D eigenvalue weighted by Crippen LogP contribution is -2.46. The van der Waals surface area contributed by atoms with Crippen LogP contribution in [0.5, 0.6) is 0 Å². The van der Waals surface area contributed by atoms with Crippen molar-refractivity contribution in [3.8, 4) is 0 Å². The summed E-state index contributed by atoms with van der Waals surface area (Å²) in [4.78, 5) is 40.0. The molecule has 2 aliphatic rings. The van der Waals surface area contributed by atoms with Crippen molar-refractivity contribution < 1.29 is 9.59 Å². The van der Waals surface area contributed by atoms with E-state index >= 15 is 0 Å². The third-order valence-electron chi connectivity index (χ3n) is 8.47. The molecule has 0 radical (unpaired) electrons. The van der Waals surface area contributed by atoms with Gasteiger partial charge in [-0.25, -0.2) is 4.98 Å². The Kier molecular flexibility index (Phi) is 7.84. The molecule has 0 bridgehead atoms. The molecule has 2 saturated heterocycles. The molecular formula is C31H40N6O2. The van der Waals surface area contributed by atoms with Gasteiger partial charge in [0.2, 0.25) is 0 Å². The summed E-state index contributed by atoms with van der Waals surface area (Å²) in [6.07, 6.45) is 6.24. The SMILES string of the molecule is CCc1cc(NC(=O)C(=O)N2C[C@@H](C)CC[C@@H]2c2ccc3cc(C)c(C4CCN(C)CC4)nc3c2)cnc1N. The first kappa shape index (κ1) is 27.1. The molecule has 2 aromatic heterocycles. The number of likely N-dealkylation sites (tertiary alicyclic amines) is 2. The molecule has 2 fully saturated rings. The molecule has 2 amide bonds. The van der Waals surface area contributed by atoms with Gasteiger partial charge in [0.25, 0.3) is 0 Å². The number of hydrogen-bond donors (Lipinski definition) is 2. The Morgan fingerprint density at radius 2 is 1.87 bits per heavy atom. The van der Waals surface area contributed by atoms with Crippen LogP contribution in [0.4, 0.5) is 11.5 Å². The molecule has 3 N–H and O–H groups in total. The van der Waals surface area contributed by atoms with Gasteiger partial charge >= 0.3 is 11.8 Å². The molecule has 2 aliphatic heterocycles. The summed E-state index contributed by atoms with van der Waals surface area (Å²) >= 11 is 0. The Balaban J connectivity index is 1.40. The molecule has 2 atom stereocenters. The molecule has 4 heterocycles. The Morgan fingerprint density at radius 3 is 2.62 bits per heavy atom. The van der Waals surface area contributed by atoms with Crippen LogP contribution in [0.3, 0.4) is 0 Å². The second-order valence-electron chi connectivity index (χ2n) is 11.5. The lowest BCUT2D eigenvalue weighted by atomic mass is 9.88. The smallest absolute Gasteiger partial charge is 0.313 e. The van der Waals surface area contributed by atoms with Gasteiger partial charge in [0.05, 0.1) is 23.4 Å². The fourth-order valence-corrected chi connectivity index (χ4v) is 6.12. The summed E-state index contributed by atoms with van der Waals surface area (Å²) in [6, 6.07) is 10.2. The quantitative estimate of drug-likeness (QED) is 0.470. The number of aromatic nitrogens is 2. The summed E-state index contributed by atoms with van der Waals surface area (Å²) in [5, 5.41) is 3.85. The average molecular weight is 529 g/mol. The van der Waals surface area contributed by atoms with Crippen LogP contribution in [0.15, 0.2) is 36.5 Å². The number of nitrogens with zero attached hydrogens (tertiary/aromatic N) is 4. The Labute approximate surface area is 231 Å². The second-order valence-corrected chi connectivity index (χ2v) is 11.5. The highest BCUT2D eigenvalue weighted by molar-refractivity contribution is 6.39. The number of amides is 2. The number of anilines is 2. The number of carbonyl (C=O) groups excluding carboxylic acids is 2. The molecule has 206 valence electrons. The summed E-state index contributed by atoms with van der Waals surface area (Å²) in [7, 11) is 2.18. The van der Waals surface area contributed by atoms with Crippen LogP contribution in [-0.4, -0.2) is 58.3 Å². The van der Waals surface area contributed by atoms with Crippen LogP contribution in [0.25, 0.3) is 10.9 Å². The number of benzene rings is 1. The van der Waals surface area contributed by atoms with Gasteiger partial charge in [0.15, 0.2) is 0 Å². The maximum absolute atomic E-state index is 13.5. The van der Waals surface area contributed by atoms with E-state index in [-0.39, 0.29) is 6.04 Å². The van der Waals surface area contributed by atoms with E-state index in [1.54, 1.807) is 11.0 Å². The predicted molar refractivity (Wildman–Crippen MR) is 155 cm³/mol. The molecule has 0 saturated carbocycles. The average Bonchev–Trinajstić information content (AvgIpc) is 2.93. The molecule has 5 rings (SSSR count). The highest BCUT2D eigenvalue weighted by Crippen LogP contribution is 2.36. The third kappa shape index (κ3) is 5.76. The van der Waals surface area contributed by atoms with Crippen molar-refractivity contribution in [1.82, 2.24) is 19.8 Å². The zero-order valence-corrected chi connectivity index (χ0v) is 23.5. The molecule has 39 heavy (non-hydrogen) atoms. The number of fused-ring (bicyclic) bond motifs is 1. The molecule has 3 aromatic rings. The predicted octanol–water partition coefficient (Wildman–Crippen LogP) is 4.83. The Hall–Kier alpha value is -3.52. The van der Waals surface area contributed by atoms with Crippen molar-refractivity contribution in [3.05, 3.63) is 58.9 Å². The van der Waals surface area contributed by atoms with Crippen molar-refractivity contribution in [2.24, 2.45) is 5.92 Å². The molecule has 8 nitrogen and oxygen atoms in total. The number of carbonyl (C=O) groups is 2. The summed E-state index contributed by atoms with van der Waals surface area (Å²) in [6.45, 7) is 8.99. The molecule has 0 spiro atoms. The number of nitrogen functional groups attached to an aromatic ring is 1. The van der Waals surface area contributed by atoms with E-state index in [2.05, 4.69) is 60.4 Å². The largest absolute Gasteiger partial charge is 0.383 e. The lowest BCUT2D eigenvalue weighted by Gasteiger charge is -2.38. The zero-order chi connectivity index (χ0) is 27.7. The molecular weight excluding hydrogens is 488 g/mol. The molecule has 0 unspecified atom stereocenters. The van der Waals surface area contributed by atoms with Crippen LogP contribution in [-0.2, 0) is 16.0 Å². The minimum Gasteiger partial charge on any atom is -0.383 e. The van der Waals surface area contributed by atoms with Crippen molar-refractivity contribution in [2.45, 2.75) is 64.8 Å². The highest BCUT2D eigenvalue weighted by atomic mass is 16.2. The first-order valence-electron chi connectivity index (χ1n) is 14.2. The summed E-state index contributed by atoms with van der Waals surface area (Å²) in [5.74, 6) is 0.0563. The maximum Gasteiger partial charge on any atom is 0.313 e. The highest BCUT2D eigenvalue weighted by Gasteiger charge is 2.34. The minimum absolute atomic E-state index is 0.172. The normalized spacial score (nSPS) is 20.8. The lowest BCUT2D eigenvalue weighted by molar-refractivity contribution is -0.146. The molecule has 8 heteroatoms. The minimum atomic E-state index is -0.651. The fourth-order valence-electron chi connectivity index (χ4n) is 6.12. The number of pyridine rings is 2. The standard InChI is InChI=1S/C31H40N6O2/c1-5-21-15-25(17-33-29(21)32)34-30(38)31(39)37-18-19(2)6-9-27(37)24-8-7-23-14-20(3)28(35-26(23)16-24)22-10-12-36(4)13-11-22/h7-8,14-17,19,22,27H,5-6,9-13,18H2,1-4H3,(H2,32,33)(H,34,38)/t19-,27+/m0/s1. The van der Waals surface area contributed by atoms with Gasteiger partial charge in [-0.05, 0) is 100.0 Å². The van der Waals surface area contributed by atoms with Crippen LogP contribution in [0.1, 0.15) is 73.9 Å². The Morgan fingerprint density at radius 1 is 1.10 bits per heavy atom. The Bertz CT molecular complexity index is 1380. The number of aryl methyl sites for hydroxylation is 2. The number of piperidine rings is 2. The van der Waals surface area contributed by atoms with E-state index in [9.17, 15) is 9.59 Å². The van der Waals surface area contributed by atoms with Gasteiger partial charge in [-0.2, -0.15) is 0 Å². The summed E-state index contributed by atoms with van der Waals surface area (Å²) in [5.41, 5.74) is 11.7. The van der Waals surface area contributed by atoms with E-state index in [4.69, 9.17) is 10.7 Å². The van der Waals surface area contributed by atoms with Crippen LogP contribution < -0.4 is 11.1 Å². The number of nitrogens with one attached hydrogen (secondary N) is 1. The monoisotopic (exact) mass is 528 g/mol. The maximum atomic E-state index is 13.5. The fraction of sp³-hybridized carbons (Fsp3) is 0.484. The molecule has 0 aliphatic carbocycles. The second kappa shape index (κ2) is 11.3. The van der Waals surface area contributed by atoms with Crippen molar-refractivity contribution >= 4 is 34.2 Å². The van der Waals surface area contributed by atoms with Crippen LogP contribution in [0.2, 0.25) is 0 Å². The van der Waals surface area contributed by atoms with E-state index < -0.39 is 11.8 Å². The number of hydrogen-bond acceptors (Lipinski definition) is 6. The van der Waals surface area contributed by atoms with Crippen LogP contribution in [0, 0.1) is 12.8 Å². The van der Waals surface area contributed by atoms with E-state index in [0.29, 0.717) is 36.3 Å². The van der Waals surface area contributed by atoms with Gasteiger partial charge < -0.3 is 20.9 Å². The van der Waals surface area contributed by atoms with Gasteiger partial charge in [-0.15, -0.1) is 0 Å². The van der Waals surface area contributed by atoms with Gasteiger partial charge in [0.1, 0.15) is 5.82 Å². The topological polar surface area (TPSA) is 104 Å². The van der Waals surface area contributed by atoms with Gasteiger partial charge in [-0.3, -0.25) is 14.6 Å². The first-order chi connectivity index (χ1) is 18.7. The van der Waals surface area contributed by atoms with Gasteiger partial charge in [0, 0.05) is 23.5 Å². The molecule has 1 aromatic carbocycles.